The molecule has 5 nitrogen and oxygen atoms in total. The molecule has 3 N–H and O–H groups in total. The number of nitrogens with one attached hydrogen (secondary N) is 3. The van der Waals surface area contributed by atoms with Gasteiger partial charge in [0.1, 0.15) is 0 Å². The van der Waals surface area contributed by atoms with E-state index < -0.39 is 0 Å². The molecule has 0 saturated carbocycles. The average molecular weight is 770 g/mol. The summed E-state index contributed by atoms with van der Waals surface area (Å²) in [6.45, 7) is 20.2. The molecule has 0 aromatic heterocycles. The van der Waals surface area contributed by atoms with Crippen LogP contribution in [-0.2, 0) is 0 Å². The van der Waals surface area contributed by atoms with E-state index >= 15 is 0 Å². The number of hydrogen-bond acceptors (Lipinski definition) is 5. The Morgan fingerprint density at radius 1 is 1.02 bits per heavy atom. The lowest BCUT2D eigenvalue weighted by Gasteiger charge is -2.36. The van der Waals surface area contributed by atoms with Gasteiger partial charge in [-0.1, -0.05) is 155 Å². The SMILES string of the molecule is C=C/C=C(\C=C)C(NC(NC)C(/C=C\C(=C)c1cccc2cccc(-c3cc(C4=CC=CCN4C)cc(C4C=CC=CN4)c3)c12)=C/C)N(C)C(C)/C=C/C=C\CCC. The van der Waals surface area contributed by atoms with Crippen molar-refractivity contribution < 1.29 is 0 Å². The lowest BCUT2D eigenvalue weighted by molar-refractivity contribution is 0.194. The number of fused-ring (bicyclic) bond motifs is 1. The zero-order valence-electron chi connectivity index (χ0n) is 35.5. The minimum absolute atomic E-state index is 0.0793. The van der Waals surface area contributed by atoms with Crippen LogP contribution >= 0.6 is 0 Å². The quantitative estimate of drug-likeness (QED) is 0.0837. The highest BCUT2D eigenvalue weighted by atomic mass is 15.3. The largest absolute Gasteiger partial charge is 0.381 e. The van der Waals surface area contributed by atoms with E-state index in [9.17, 15) is 0 Å². The summed E-state index contributed by atoms with van der Waals surface area (Å²) < 4.78 is 0. The number of unbranched alkanes of at least 4 members (excludes halogenated alkanes) is 1. The second-order valence-electron chi connectivity index (χ2n) is 14.9. The number of rotatable bonds is 19. The molecule has 2 heterocycles. The van der Waals surface area contributed by atoms with Gasteiger partial charge in [0.25, 0.3) is 0 Å². The minimum Gasteiger partial charge on any atom is -0.381 e. The topological polar surface area (TPSA) is 42.6 Å². The first-order chi connectivity index (χ1) is 28.2. The highest BCUT2D eigenvalue weighted by Crippen LogP contribution is 2.38. The third kappa shape index (κ3) is 10.8. The molecule has 4 atom stereocenters. The van der Waals surface area contributed by atoms with Crippen molar-refractivity contribution in [3.8, 4) is 11.1 Å². The second kappa shape index (κ2) is 21.7. The van der Waals surface area contributed by atoms with E-state index in [1.165, 1.54) is 38.7 Å². The Hall–Kier alpha value is -5.72. The molecule has 4 unspecified atom stereocenters. The first-order valence-corrected chi connectivity index (χ1v) is 20.6. The Morgan fingerprint density at radius 3 is 2.50 bits per heavy atom. The van der Waals surface area contributed by atoms with Crippen LogP contribution in [0.1, 0.15) is 56.3 Å². The summed E-state index contributed by atoms with van der Waals surface area (Å²) in [5.41, 5.74) is 10.1. The first-order valence-electron chi connectivity index (χ1n) is 20.6. The van der Waals surface area contributed by atoms with Crippen LogP contribution < -0.4 is 16.0 Å². The van der Waals surface area contributed by atoms with Gasteiger partial charge in [-0.2, -0.15) is 0 Å². The number of benzene rings is 3. The average Bonchev–Trinajstić information content (AvgIpc) is 3.26. The van der Waals surface area contributed by atoms with Gasteiger partial charge in [-0.05, 0) is 126 Å². The van der Waals surface area contributed by atoms with Gasteiger partial charge < -0.3 is 15.5 Å². The highest BCUT2D eigenvalue weighted by Gasteiger charge is 2.25. The summed E-state index contributed by atoms with van der Waals surface area (Å²) >= 11 is 0. The summed E-state index contributed by atoms with van der Waals surface area (Å²) in [7, 11) is 6.28. The summed E-state index contributed by atoms with van der Waals surface area (Å²) in [4.78, 5) is 4.62. The fraction of sp³-hybridized carbons (Fsp3) is 0.245. The maximum atomic E-state index is 4.66. The first kappa shape index (κ1) is 43.4. The van der Waals surface area contributed by atoms with Gasteiger partial charge in [-0.3, -0.25) is 10.2 Å². The van der Waals surface area contributed by atoms with E-state index in [1.54, 1.807) is 0 Å². The van der Waals surface area contributed by atoms with Crippen molar-refractivity contribution in [1.29, 1.82) is 0 Å². The van der Waals surface area contributed by atoms with Crippen molar-refractivity contribution in [2.24, 2.45) is 0 Å². The van der Waals surface area contributed by atoms with Gasteiger partial charge in [-0.15, -0.1) is 0 Å². The molecule has 0 bridgehead atoms. The summed E-state index contributed by atoms with van der Waals surface area (Å²) in [5, 5.41) is 13.3. The van der Waals surface area contributed by atoms with Crippen LogP contribution in [-0.4, -0.2) is 55.9 Å². The van der Waals surface area contributed by atoms with Crippen LogP contribution in [0.15, 0.2) is 189 Å². The predicted octanol–water partition coefficient (Wildman–Crippen LogP) is 11.6. The zero-order chi connectivity index (χ0) is 41.4. The molecular formula is C53H63N5. The molecule has 5 heteroatoms. The molecule has 3 aromatic carbocycles. The van der Waals surface area contributed by atoms with E-state index in [1.807, 2.05) is 37.6 Å². The molecule has 2 aliphatic rings. The third-order valence-corrected chi connectivity index (χ3v) is 10.9. The molecule has 0 saturated heterocycles. The normalized spacial score (nSPS) is 17.7. The minimum atomic E-state index is -0.168. The van der Waals surface area contributed by atoms with Gasteiger partial charge >= 0.3 is 0 Å². The third-order valence-electron chi connectivity index (χ3n) is 10.9. The molecule has 5 rings (SSSR count). The molecule has 2 aliphatic heterocycles. The summed E-state index contributed by atoms with van der Waals surface area (Å²) in [5.74, 6) is 0. The van der Waals surface area contributed by atoms with E-state index in [4.69, 9.17) is 0 Å². The Labute approximate surface area is 349 Å². The number of hydrogen-bond donors (Lipinski definition) is 3. The van der Waals surface area contributed by atoms with Crippen molar-refractivity contribution in [3.63, 3.8) is 0 Å². The molecule has 0 amide bonds. The standard InChI is InChI=1S/C53H63N5/c1-10-14-15-16-17-25-40(6)58(9)53(42(13-4)24-11-2)56-52(54-7)41(12-3)33-32-39(5)47-28-22-26-43-27-23-29-48(51(43)47)44-36-45(49-30-18-20-34-55-49)38-46(37-44)50-31-19-21-35-57(50)8/h11-13,15-34,36-38,40,49,52-56H,2,4-5,10,14,35H2,1,3,6-9H3/b16-15-,25-17+,33-32-,41-12+,42-24+. The van der Waals surface area contributed by atoms with Crippen molar-refractivity contribution in [2.75, 3.05) is 27.7 Å². The Balaban J connectivity index is 1.49. The Morgan fingerprint density at radius 2 is 1.81 bits per heavy atom. The summed E-state index contributed by atoms with van der Waals surface area (Å²) in [6.07, 6.45) is 37.8. The molecule has 0 spiro atoms. The van der Waals surface area contributed by atoms with E-state index in [0.717, 1.165) is 41.7 Å². The van der Waals surface area contributed by atoms with Crippen molar-refractivity contribution >= 4 is 22.0 Å². The fourth-order valence-electron chi connectivity index (χ4n) is 7.50. The van der Waals surface area contributed by atoms with Crippen LogP contribution in [0.2, 0.25) is 0 Å². The highest BCUT2D eigenvalue weighted by molar-refractivity contribution is 6.05. The van der Waals surface area contributed by atoms with E-state index in [-0.39, 0.29) is 24.4 Å². The zero-order valence-corrected chi connectivity index (χ0v) is 35.5. The smallest absolute Gasteiger partial charge is 0.0877 e. The van der Waals surface area contributed by atoms with Crippen LogP contribution in [0, 0.1) is 0 Å². The lowest BCUT2D eigenvalue weighted by atomic mass is 9.88. The molecule has 0 radical (unpaired) electrons. The monoisotopic (exact) mass is 770 g/mol. The predicted molar refractivity (Wildman–Crippen MR) is 254 cm³/mol. The number of allylic oxidation sites excluding steroid dienone is 12. The van der Waals surface area contributed by atoms with Crippen molar-refractivity contribution in [2.45, 2.75) is 58.0 Å². The van der Waals surface area contributed by atoms with Gasteiger partial charge in [-0.25, -0.2) is 0 Å². The lowest BCUT2D eigenvalue weighted by Crippen LogP contribution is -2.55. The molecule has 0 fully saturated rings. The maximum absolute atomic E-state index is 4.66. The van der Waals surface area contributed by atoms with Crippen LogP contribution in [0.25, 0.3) is 33.2 Å². The van der Waals surface area contributed by atoms with Crippen LogP contribution in [0.3, 0.4) is 0 Å². The number of nitrogens with zero attached hydrogens (tertiary/aromatic N) is 2. The molecule has 3 aromatic rings. The maximum Gasteiger partial charge on any atom is 0.0877 e. The molecule has 58 heavy (non-hydrogen) atoms. The molecule has 300 valence electrons. The van der Waals surface area contributed by atoms with Gasteiger partial charge in [0.05, 0.1) is 18.4 Å². The summed E-state index contributed by atoms with van der Waals surface area (Å²) in [6, 6.07) is 20.4. The number of likely N-dealkylation sites (N-methyl/N-ethyl adjacent to an activating group) is 3. The fourth-order valence-corrected chi connectivity index (χ4v) is 7.50. The van der Waals surface area contributed by atoms with Gasteiger partial charge in [0.15, 0.2) is 0 Å². The Kier molecular flexibility index (Phi) is 16.2. The van der Waals surface area contributed by atoms with E-state index in [2.05, 4.69) is 208 Å². The van der Waals surface area contributed by atoms with Crippen LogP contribution in [0.5, 0.6) is 0 Å². The van der Waals surface area contributed by atoms with Crippen molar-refractivity contribution in [1.82, 2.24) is 25.8 Å². The van der Waals surface area contributed by atoms with Crippen molar-refractivity contribution in [3.05, 3.63) is 206 Å². The van der Waals surface area contributed by atoms with Gasteiger partial charge in [0, 0.05) is 25.3 Å². The Bertz CT molecular complexity index is 2200. The number of dihydropyridines is 1. The van der Waals surface area contributed by atoms with E-state index in [0.29, 0.717) is 0 Å². The van der Waals surface area contributed by atoms with Crippen LogP contribution in [0.4, 0.5) is 0 Å². The molecular weight excluding hydrogens is 707 g/mol. The molecule has 0 aliphatic carbocycles. The van der Waals surface area contributed by atoms with Gasteiger partial charge in [0.2, 0.25) is 0 Å². The second-order valence-corrected chi connectivity index (χ2v) is 14.9.